The molecule has 0 radical (unpaired) electrons. The van der Waals surface area contributed by atoms with E-state index in [1.54, 1.807) is 20.8 Å². The molecule has 37 heavy (non-hydrogen) atoms. The highest BCUT2D eigenvalue weighted by molar-refractivity contribution is 5.95. The Balaban J connectivity index is 2.47. The Morgan fingerprint density at radius 2 is 1.78 bits per heavy atom. The molecule has 4 atom stereocenters. The van der Waals surface area contributed by atoms with Gasteiger partial charge in [-0.1, -0.05) is 44.9 Å². The van der Waals surface area contributed by atoms with Gasteiger partial charge in [0, 0.05) is 12.6 Å². The maximum Gasteiger partial charge on any atom is 0.408 e. The number of aryl methyl sites for hydroxylation is 2. The van der Waals surface area contributed by atoms with Crippen molar-refractivity contribution in [2.45, 2.75) is 104 Å². The molecular formula is C28H44N4O5. The third-order valence-electron chi connectivity index (χ3n) is 6.53. The van der Waals surface area contributed by atoms with Crippen LogP contribution in [0.25, 0.3) is 0 Å². The summed E-state index contributed by atoms with van der Waals surface area (Å²) in [6.07, 6.45) is 2.31. The van der Waals surface area contributed by atoms with E-state index in [2.05, 4.69) is 17.6 Å². The van der Waals surface area contributed by atoms with Gasteiger partial charge in [0.2, 0.25) is 17.7 Å². The summed E-state index contributed by atoms with van der Waals surface area (Å²) in [7, 11) is 0. The third-order valence-corrected chi connectivity index (χ3v) is 6.53. The molecule has 0 aliphatic heterocycles. The van der Waals surface area contributed by atoms with Crippen LogP contribution in [0.15, 0.2) is 18.2 Å². The van der Waals surface area contributed by atoms with E-state index in [0.717, 1.165) is 30.4 Å². The lowest BCUT2D eigenvalue weighted by Gasteiger charge is -2.35. The third kappa shape index (κ3) is 9.05. The van der Waals surface area contributed by atoms with Crippen LogP contribution in [0.3, 0.4) is 0 Å². The number of nitrogens with two attached hydrogens (primary N) is 1. The number of amides is 4. The van der Waals surface area contributed by atoms with Crippen molar-refractivity contribution < 1.29 is 23.9 Å². The molecule has 2 rings (SSSR count). The Morgan fingerprint density at radius 3 is 2.30 bits per heavy atom. The van der Waals surface area contributed by atoms with E-state index in [9.17, 15) is 19.2 Å². The summed E-state index contributed by atoms with van der Waals surface area (Å²) >= 11 is 0. The Bertz CT molecular complexity index is 987. The predicted octanol–water partition coefficient (Wildman–Crippen LogP) is 3.66. The summed E-state index contributed by atoms with van der Waals surface area (Å²) in [5.74, 6) is -1.40. The van der Waals surface area contributed by atoms with Gasteiger partial charge in [0.15, 0.2) is 0 Å². The average Bonchev–Trinajstić information content (AvgIpc) is 3.50. The van der Waals surface area contributed by atoms with Gasteiger partial charge in [-0.25, -0.2) is 4.79 Å². The van der Waals surface area contributed by atoms with Crippen LogP contribution < -0.4 is 16.4 Å². The minimum atomic E-state index is -1.26. The van der Waals surface area contributed by atoms with Gasteiger partial charge in [-0.2, -0.15) is 0 Å². The number of benzene rings is 1. The highest BCUT2D eigenvalue weighted by atomic mass is 16.6. The first-order valence-electron chi connectivity index (χ1n) is 13.2. The number of nitrogens with zero attached hydrogens (tertiary/aromatic N) is 1. The molecule has 4 N–H and O–H groups in total. The van der Waals surface area contributed by atoms with E-state index >= 15 is 0 Å². The second-order valence-electron chi connectivity index (χ2n) is 11.1. The standard InChI is InChI=1S/C28H44N4O5/c1-8-9-10-13-30-25(34)24(20-12-11-17(2)18(3)14-20)32(22-15-19(22)4)26(35)21(16-23(29)33)31-27(36)37-28(5,6)7/h11-12,14,19,21-22,24H,8-10,13,15-16H2,1-7H3,(H2,29,33)(H,30,34)(H,31,36). The number of ether oxygens (including phenoxy) is 1. The van der Waals surface area contributed by atoms with Gasteiger partial charge in [-0.15, -0.1) is 0 Å². The summed E-state index contributed by atoms with van der Waals surface area (Å²) in [5, 5.41) is 5.52. The fraction of sp³-hybridized carbons (Fsp3) is 0.643. The molecule has 1 aromatic rings. The first-order valence-corrected chi connectivity index (χ1v) is 13.2. The van der Waals surface area contributed by atoms with Gasteiger partial charge in [-0.05, 0) is 70.1 Å². The fourth-order valence-corrected chi connectivity index (χ4v) is 4.26. The number of carbonyl (C=O) groups is 4. The number of primary amides is 1. The van der Waals surface area contributed by atoms with Crippen molar-refractivity contribution in [3.63, 3.8) is 0 Å². The van der Waals surface area contributed by atoms with Crippen molar-refractivity contribution in [3.05, 3.63) is 34.9 Å². The van der Waals surface area contributed by atoms with Crippen LogP contribution >= 0.6 is 0 Å². The molecule has 9 nitrogen and oxygen atoms in total. The molecule has 1 fully saturated rings. The maximum atomic E-state index is 14.0. The normalized spacial score (nSPS) is 18.4. The van der Waals surface area contributed by atoms with E-state index in [0.29, 0.717) is 18.5 Å². The van der Waals surface area contributed by atoms with Crippen molar-refractivity contribution in [2.24, 2.45) is 11.7 Å². The van der Waals surface area contributed by atoms with Crippen LogP contribution in [0.5, 0.6) is 0 Å². The largest absolute Gasteiger partial charge is 0.444 e. The molecule has 1 aliphatic rings. The van der Waals surface area contributed by atoms with Gasteiger partial charge in [-0.3, -0.25) is 14.4 Å². The van der Waals surface area contributed by atoms with E-state index < -0.39 is 42.0 Å². The van der Waals surface area contributed by atoms with E-state index in [4.69, 9.17) is 10.5 Å². The average molecular weight is 517 g/mol. The maximum absolute atomic E-state index is 14.0. The zero-order chi connectivity index (χ0) is 27.9. The van der Waals surface area contributed by atoms with Crippen molar-refractivity contribution in [1.29, 1.82) is 0 Å². The van der Waals surface area contributed by atoms with Gasteiger partial charge in [0.25, 0.3) is 0 Å². The Morgan fingerprint density at radius 1 is 1.14 bits per heavy atom. The summed E-state index contributed by atoms with van der Waals surface area (Å²) in [6.45, 7) is 13.6. The molecule has 4 unspecified atom stereocenters. The van der Waals surface area contributed by atoms with Crippen molar-refractivity contribution in [2.75, 3.05) is 6.54 Å². The lowest BCUT2D eigenvalue weighted by atomic mass is 9.97. The Kier molecular flexibility index (Phi) is 10.5. The monoisotopic (exact) mass is 516 g/mol. The van der Waals surface area contributed by atoms with Gasteiger partial charge in [0.05, 0.1) is 6.42 Å². The topological polar surface area (TPSA) is 131 Å². The predicted molar refractivity (Wildman–Crippen MR) is 143 cm³/mol. The quantitative estimate of drug-likeness (QED) is 0.365. The van der Waals surface area contributed by atoms with Crippen LogP contribution in [0.1, 0.15) is 89.5 Å². The number of hydrogen-bond acceptors (Lipinski definition) is 5. The summed E-state index contributed by atoms with van der Waals surface area (Å²) in [6, 6.07) is 3.32. The molecule has 1 aliphatic carbocycles. The van der Waals surface area contributed by atoms with Crippen LogP contribution in [-0.2, 0) is 19.1 Å². The van der Waals surface area contributed by atoms with Crippen LogP contribution in [-0.4, -0.2) is 52.9 Å². The summed E-state index contributed by atoms with van der Waals surface area (Å²) in [5.41, 5.74) is 7.40. The molecule has 9 heteroatoms. The van der Waals surface area contributed by atoms with E-state index in [-0.39, 0.29) is 17.9 Å². The number of nitrogens with one attached hydrogen (secondary N) is 2. The zero-order valence-corrected chi connectivity index (χ0v) is 23.3. The minimum absolute atomic E-state index is 0.168. The van der Waals surface area contributed by atoms with Gasteiger partial charge in [0.1, 0.15) is 17.7 Å². The molecule has 0 spiro atoms. The smallest absolute Gasteiger partial charge is 0.408 e. The number of unbranched alkanes of at least 4 members (excludes halogenated alkanes) is 2. The minimum Gasteiger partial charge on any atom is -0.444 e. The van der Waals surface area contributed by atoms with Gasteiger partial charge >= 0.3 is 6.09 Å². The molecule has 1 saturated carbocycles. The van der Waals surface area contributed by atoms with Crippen molar-refractivity contribution in [1.82, 2.24) is 15.5 Å². The molecule has 1 aromatic carbocycles. The molecule has 0 saturated heterocycles. The SMILES string of the molecule is CCCCCNC(=O)C(c1ccc(C)c(C)c1)N(C(=O)C(CC(N)=O)NC(=O)OC(C)(C)C)C1CC1C. The summed E-state index contributed by atoms with van der Waals surface area (Å²) in [4.78, 5) is 53.6. The highest BCUT2D eigenvalue weighted by Gasteiger charge is 2.48. The summed E-state index contributed by atoms with van der Waals surface area (Å²) < 4.78 is 5.32. The molecule has 4 amide bonds. The second-order valence-corrected chi connectivity index (χ2v) is 11.1. The lowest BCUT2D eigenvalue weighted by Crippen LogP contribution is -2.55. The molecule has 0 heterocycles. The van der Waals surface area contributed by atoms with Crippen LogP contribution in [0, 0.1) is 19.8 Å². The number of hydrogen-bond donors (Lipinski definition) is 3. The second kappa shape index (κ2) is 12.9. The first-order chi connectivity index (χ1) is 17.2. The highest BCUT2D eigenvalue weighted by Crippen LogP contribution is 2.41. The molecular weight excluding hydrogens is 472 g/mol. The van der Waals surface area contributed by atoms with E-state index in [1.807, 2.05) is 39.0 Å². The Hall–Kier alpha value is -3.10. The van der Waals surface area contributed by atoms with Crippen molar-refractivity contribution in [3.8, 4) is 0 Å². The van der Waals surface area contributed by atoms with Gasteiger partial charge < -0.3 is 26.0 Å². The number of alkyl carbamates (subject to hydrolysis) is 1. The fourth-order valence-electron chi connectivity index (χ4n) is 4.26. The molecule has 0 aromatic heterocycles. The van der Waals surface area contributed by atoms with Crippen LogP contribution in [0.4, 0.5) is 4.79 Å². The van der Waals surface area contributed by atoms with E-state index in [1.165, 1.54) is 4.90 Å². The number of rotatable bonds is 12. The van der Waals surface area contributed by atoms with Crippen molar-refractivity contribution >= 4 is 23.8 Å². The zero-order valence-electron chi connectivity index (χ0n) is 23.3. The molecule has 206 valence electrons. The first kappa shape index (κ1) is 30.1. The van der Waals surface area contributed by atoms with Crippen LogP contribution in [0.2, 0.25) is 0 Å². The molecule has 0 bridgehead atoms. The lowest BCUT2D eigenvalue weighted by molar-refractivity contribution is -0.144. The Labute approximate surface area is 220 Å². The number of carbonyl (C=O) groups excluding carboxylic acids is 4.